The highest BCUT2D eigenvalue weighted by molar-refractivity contribution is 7.92. The number of methoxy groups -OCH3 is 1. The molecule has 31 heavy (non-hydrogen) atoms. The average molecular weight is 436 g/mol. The number of aryl methyl sites for hydroxylation is 1. The molecule has 158 valence electrons. The van der Waals surface area contributed by atoms with E-state index in [9.17, 15) is 8.42 Å². The SMILES string of the molecule is COc1ccc(-c2cn3ccc(C)cc3n2)cc1NS(=O)(=O)c1ccc2c(c1)CCO2. The second-order valence-corrected chi connectivity index (χ2v) is 9.17. The molecule has 0 saturated carbocycles. The van der Waals surface area contributed by atoms with Crippen LogP contribution in [-0.2, 0) is 16.4 Å². The van der Waals surface area contributed by atoms with Crippen LogP contribution < -0.4 is 14.2 Å². The third kappa shape index (κ3) is 3.59. The van der Waals surface area contributed by atoms with Crippen molar-refractivity contribution >= 4 is 21.4 Å². The van der Waals surface area contributed by atoms with Gasteiger partial charge in [-0.15, -0.1) is 0 Å². The number of ether oxygens (including phenoxy) is 2. The van der Waals surface area contributed by atoms with Gasteiger partial charge in [0.2, 0.25) is 0 Å². The molecule has 1 N–H and O–H groups in total. The molecule has 1 aliphatic rings. The number of rotatable bonds is 5. The Morgan fingerprint density at radius 3 is 2.84 bits per heavy atom. The van der Waals surface area contributed by atoms with Crippen molar-refractivity contribution in [2.24, 2.45) is 0 Å². The zero-order valence-electron chi connectivity index (χ0n) is 17.1. The molecule has 0 aliphatic carbocycles. The van der Waals surface area contributed by atoms with E-state index in [1.54, 1.807) is 30.3 Å². The van der Waals surface area contributed by atoms with Gasteiger partial charge in [-0.25, -0.2) is 13.4 Å². The van der Waals surface area contributed by atoms with Crippen molar-refractivity contribution in [3.8, 4) is 22.8 Å². The first-order chi connectivity index (χ1) is 14.9. The Morgan fingerprint density at radius 1 is 1.13 bits per heavy atom. The molecule has 3 heterocycles. The molecule has 2 aromatic heterocycles. The van der Waals surface area contributed by atoms with E-state index in [0.717, 1.165) is 33.8 Å². The minimum Gasteiger partial charge on any atom is -0.495 e. The van der Waals surface area contributed by atoms with Crippen LogP contribution in [0.2, 0.25) is 0 Å². The Bertz CT molecular complexity index is 1410. The number of anilines is 1. The first-order valence-corrected chi connectivity index (χ1v) is 11.3. The summed E-state index contributed by atoms with van der Waals surface area (Å²) >= 11 is 0. The van der Waals surface area contributed by atoms with Crippen molar-refractivity contribution in [1.29, 1.82) is 0 Å². The maximum atomic E-state index is 13.1. The van der Waals surface area contributed by atoms with Gasteiger partial charge in [0, 0.05) is 24.4 Å². The smallest absolute Gasteiger partial charge is 0.262 e. The number of hydrogen-bond acceptors (Lipinski definition) is 5. The summed E-state index contributed by atoms with van der Waals surface area (Å²) in [5.41, 5.74) is 4.71. The second kappa shape index (κ2) is 7.31. The monoisotopic (exact) mass is 435 g/mol. The van der Waals surface area contributed by atoms with Gasteiger partial charge < -0.3 is 13.9 Å². The molecule has 5 rings (SSSR count). The van der Waals surface area contributed by atoms with E-state index in [1.807, 2.05) is 41.9 Å². The Labute approximate surface area is 180 Å². The lowest BCUT2D eigenvalue weighted by Crippen LogP contribution is -2.14. The van der Waals surface area contributed by atoms with Crippen LogP contribution in [0.15, 0.2) is 65.8 Å². The normalized spacial score (nSPS) is 13.1. The predicted molar refractivity (Wildman–Crippen MR) is 118 cm³/mol. The quantitative estimate of drug-likeness (QED) is 0.511. The van der Waals surface area contributed by atoms with Crippen molar-refractivity contribution in [3.05, 3.63) is 72.1 Å². The fourth-order valence-electron chi connectivity index (χ4n) is 3.70. The predicted octanol–water partition coefficient (Wildman–Crippen LogP) is 4.05. The summed E-state index contributed by atoms with van der Waals surface area (Å²) in [6, 6.07) is 14.2. The number of benzene rings is 2. The van der Waals surface area contributed by atoms with Gasteiger partial charge in [0.1, 0.15) is 17.1 Å². The first-order valence-electron chi connectivity index (χ1n) is 9.85. The number of imidazole rings is 1. The molecule has 0 saturated heterocycles. The number of sulfonamides is 1. The van der Waals surface area contributed by atoms with Crippen molar-refractivity contribution in [2.75, 3.05) is 18.4 Å². The Kier molecular flexibility index (Phi) is 4.59. The summed E-state index contributed by atoms with van der Waals surface area (Å²) < 4.78 is 41.6. The molecule has 0 fully saturated rings. The van der Waals surface area contributed by atoms with Crippen LogP contribution in [0.25, 0.3) is 16.9 Å². The summed E-state index contributed by atoms with van der Waals surface area (Å²) in [4.78, 5) is 4.85. The Morgan fingerprint density at radius 2 is 2.00 bits per heavy atom. The van der Waals surface area contributed by atoms with Gasteiger partial charge in [-0.2, -0.15) is 0 Å². The van der Waals surface area contributed by atoms with Crippen molar-refractivity contribution in [3.63, 3.8) is 0 Å². The Hall–Kier alpha value is -3.52. The minimum absolute atomic E-state index is 0.187. The van der Waals surface area contributed by atoms with E-state index < -0.39 is 10.0 Å². The highest BCUT2D eigenvalue weighted by atomic mass is 32.2. The van der Waals surface area contributed by atoms with Gasteiger partial charge in [-0.3, -0.25) is 4.72 Å². The summed E-state index contributed by atoms with van der Waals surface area (Å²) in [6.07, 6.45) is 4.56. The maximum absolute atomic E-state index is 13.1. The molecule has 2 aromatic carbocycles. The molecule has 7 nitrogen and oxygen atoms in total. The summed E-state index contributed by atoms with van der Waals surface area (Å²) in [5, 5.41) is 0. The van der Waals surface area contributed by atoms with E-state index in [2.05, 4.69) is 9.71 Å². The van der Waals surface area contributed by atoms with Gasteiger partial charge in [0.05, 0.1) is 30.0 Å². The van der Waals surface area contributed by atoms with Gasteiger partial charge in [0.15, 0.2) is 0 Å². The third-order valence-corrected chi connectivity index (χ3v) is 6.69. The topological polar surface area (TPSA) is 81.9 Å². The van der Waals surface area contributed by atoms with Crippen LogP contribution in [0, 0.1) is 6.92 Å². The zero-order chi connectivity index (χ0) is 21.6. The van der Waals surface area contributed by atoms with E-state index in [-0.39, 0.29) is 4.90 Å². The molecule has 1 aliphatic heterocycles. The fourth-order valence-corrected chi connectivity index (χ4v) is 4.82. The van der Waals surface area contributed by atoms with E-state index in [0.29, 0.717) is 24.5 Å². The number of fused-ring (bicyclic) bond motifs is 2. The summed E-state index contributed by atoms with van der Waals surface area (Å²) in [6.45, 7) is 2.58. The van der Waals surface area contributed by atoms with Crippen LogP contribution in [0.1, 0.15) is 11.1 Å². The van der Waals surface area contributed by atoms with Crippen LogP contribution in [0.4, 0.5) is 5.69 Å². The fraction of sp³-hybridized carbons (Fsp3) is 0.174. The van der Waals surface area contributed by atoms with E-state index in [1.165, 1.54) is 7.11 Å². The highest BCUT2D eigenvalue weighted by Gasteiger charge is 2.21. The molecule has 0 radical (unpaired) electrons. The Balaban J connectivity index is 1.52. The van der Waals surface area contributed by atoms with Crippen molar-refractivity contribution < 1.29 is 17.9 Å². The van der Waals surface area contributed by atoms with Crippen molar-refractivity contribution in [2.45, 2.75) is 18.2 Å². The molecule has 0 amide bonds. The highest BCUT2D eigenvalue weighted by Crippen LogP contribution is 2.33. The number of nitrogens with one attached hydrogen (secondary N) is 1. The molecule has 0 atom stereocenters. The minimum atomic E-state index is -3.81. The molecular weight excluding hydrogens is 414 g/mol. The van der Waals surface area contributed by atoms with Gasteiger partial charge in [-0.1, -0.05) is 0 Å². The summed E-state index contributed by atoms with van der Waals surface area (Å²) in [7, 11) is -2.30. The van der Waals surface area contributed by atoms with E-state index >= 15 is 0 Å². The summed E-state index contributed by atoms with van der Waals surface area (Å²) in [5.74, 6) is 1.16. The first kappa shape index (κ1) is 19.4. The zero-order valence-corrected chi connectivity index (χ0v) is 17.9. The molecule has 4 aromatic rings. The largest absolute Gasteiger partial charge is 0.495 e. The van der Waals surface area contributed by atoms with Gasteiger partial charge in [0.25, 0.3) is 10.0 Å². The van der Waals surface area contributed by atoms with Gasteiger partial charge in [-0.05, 0) is 66.6 Å². The average Bonchev–Trinajstić information content (AvgIpc) is 3.39. The lowest BCUT2D eigenvalue weighted by molar-refractivity contribution is 0.356. The number of nitrogens with zero attached hydrogens (tertiary/aromatic N) is 2. The van der Waals surface area contributed by atoms with Gasteiger partial charge >= 0.3 is 0 Å². The lowest BCUT2D eigenvalue weighted by atomic mass is 10.1. The van der Waals surface area contributed by atoms with Crippen LogP contribution in [0.5, 0.6) is 11.5 Å². The van der Waals surface area contributed by atoms with Crippen LogP contribution >= 0.6 is 0 Å². The van der Waals surface area contributed by atoms with Crippen LogP contribution in [0.3, 0.4) is 0 Å². The number of aromatic nitrogens is 2. The number of pyridine rings is 1. The molecule has 0 bridgehead atoms. The molecule has 0 unspecified atom stereocenters. The third-order valence-electron chi connectivity index (χ3n) is 5.33. The molecule has 0 spiro atoms. The standard InChI is InChI=1S/C23H21N3O4S/c1-15-7-9-26-14-20(24-23(26)11-15)16-3-5-22(29-2)19(13-16)25-31(27,28)18-4-6-21-17(12-18)8-10-30-21/h3-7,9,11-14,25H,8,10H2,1-2H3. The molecule has 8 heteroatoms. The molecular formula is C23H21N3O4S. The lowest BCUT2D eigenvalue weighted by Gasteiger charge is -2.13. The second-order valence-electron chi connectivity index (χ2n) is 7.48. The maximum Gasteiger partial charge on any atom is 0.262 e. The number of hydrogen-bond donors (Lipinski definition) is 1. The van der Waals surface area contributed by atoms with Crippen LogP contribution in [-0.4, -0.2) is 31.5 Å². The van der Waals surface area contributed by atoms with E-state index in [4.69, 9.17) is 9.47 Å². The van der Waals surface area contributed by atoms with Crippen molar-refractivity contribution in [1.82, 2.24) is 9.38 Å².